The molecule has 1 amide bonds. The summed E-state index contributed by atoms with van der Waals surface area (Å²) in [5.74, 6) is 0.129. The maximum atomic E-state index is 11.1. The molecule has 3 nitrogen and oxygen atoms in total. The van der Waals surface area contributed by atoms with Gasteiger partial charge in [0.1, 0.15) is 0 Å². The van der Waals surface area contributed by atoms with E-state index in [4.69, 9.17) is 4.74 Å². The van der Waals surface area contributed by atoms with Gasteiger partial charge in [-0.05, 0) is 6.92 Å². The normalized spacial score (nSPS) is 13.2. The van der Waals surface area contributed by atoms with Crippen molar-refractivity contribution in [1.82, 2.24) is 5.32 Å². The van der Waals surface area contributed by atoms with Gasteiger partial charge in [-0.2, -0.15) is 0 Å². The van der Waals surface area contributed by atoms with E-state index in [1.165, 1.54) is 0 Å². The van der Waals surface area contributed by atoms with Crippen LogP contribution in [-0.2, 0) is 9.53 Å². The van der Waals surface area contributed by atoms with Crippen LogP contribution in [0.25, 0.3) is 0 Å². The Balaban J connectivity index is 3.57. The van der Waals surface area contributed by atoms with Gasteiger partial charge in [0.05, 0.1) is 6.61 Å². The summed E-state index contributed by atoms with van der Waals surface area (Å²) in [6.07, 6.45) is 0. The second kappa shape index (κ2) is 5.13. The molecule has 0 aliphatic heterocycles. The van der Waals surface area contributed by atoms with Gasteiger partial charge in [0.15, 0.2) is 0 Å². The van der Waals surface area contributed by atoms with Crippen LogP contribution in [0.5, 0.6) is 0 Å². The highest BCUT2D eigenvalue weighted by Crippen LogP contribution is 1.92. The van der Waals surface area contributed by atoms with Gasteiger partial charge >= 0.3 is 0 Å². The van der Waals surface area contributed by atoms with Crippen molar-refractivity contribution < 1.29 is 9.53 Å². The summed E-state index contributed by atoms with van der Waals surface area (Å²) in [5, 5.41) is 2.82. The van der Waals surface area contributed by atoms with E-state index in [2.05, 4.69) is 5.32 Å². The predicted octanol–water partition coefficient (Wildman–Crippen LogP) is 0.793. The molecule has 0 aliphatic rings. The van der Waals surface area contributed by atoms with Crippen LogP contribution < -0.4 is 5.32 Å². The van der Waals surface area contributed by atoms with Crippen LogP contribution in [0.2, 0.25) is 0 Å². The zero-order valence-electron chi connectivity index (χ0n) is 7.68. The molecule has 0 saturated heterocycles. The van der Waals surface area contributed by atoms with Crippen LogP contribution in [-0.4, -0.2) is 25.7 Å². The fraction of sp³-hybridized carbons (Fsp3) is 0.875. The van der Waals surface area contributed by atoms with Crippen molar-refractivity contribution in [2.45, 2.75) is 26.8 Å². The van der Waals surface area contributed by atoms with Gasteiger partial charge in [0, 0.05) is 19.1 Å². The first kappa shape index (κ1) is 10.4. The lowest BCUT2D eigenvalue weighted by Crippen LogP contribution is -2.38. The molecule has 0 spiro atoms. The van der Waals surface area contributed by atoms with Gasteiger partial charge in [0.2, 0.25) is 5.91 Å². The van der Waals surface area contributed by atoms with Crippen molar-refractivity contribution >= 4 is 5.91 Å². The number of carbonyl (C=O) groups is 1. The molecule has 3 heteroatoms. The van der Waals surface area contributed by atoms with E-state index in [1.807, 2.05) is 20.8 Å². The Morgan fingerprint density at radius 3 is 2.36 bits per heavy atom. The van der Waals surface area contributed by atoms with Gasteiger partial charge in [-0.3, -0.25) is 4.79 Å². The fourth-order valence-corrected chi connectivity index (χ4v) is 0.701. The third-order valence-corrected chi connectivity index (χ3v) is 1.33. The summed E-state index contributed by atoms with van der Waals surface area (Å²) in [6, 6.07) is 0.106. The Kier molecular flexibility index (Phi) is 4.86. The summed E-state index contributed by atoms with van der Waals surface area (Å²) >= 11 is 0. The van der Waals surface area contributed by atoms with Gasteiger partial charge in [0.25, 0.3) is 0 Å². The molecule has 0 aliphatic carbocycles. The summed E-state index contributed by atoms with van der Waals surface area (Å²) in [6.45, 7) is 6.23. The molecule has 0 bridgehead atoms. The average molecular weight is 159 g/mol. The molecule has 1 N–H and O–H groups in total. The van der Waals surface area contributed by atoms with Crippen molar-refractivity contribution in [1.29, 1.82) is 0 Å². The van der Waals surface area contributed by atoms with Crippen LogP contribution in [0.3, 0.4) is 0 Å². The summed E-state index contributed by atoms with van der Waals surface area (Å²) in [5.41, 5.74) is 0. The fourth-order valence-electron chi connectivity index (χ4n) is 0.701. The number of nitrogens with one attached hydrogen (secondary N) is 1. The SMILES string of the molecule is COCC(C)NC(=O)C(C)C. The average Bonchev–Trinajstić information content (AvgIpc) is 1.87. The largest absolute Gasteiger partial charge is 0.383 e. The second-order valence-corrected chi connectivity index (χ2v) is 3.02. The minimum Gasteiger partial charge on any atom is -0.383 e. The van der Waals surface area contributed by atoms with Gasteiger partial charge < -0.3 is 10.1 Å². The van der Waals surface area contributed by atoms with E-state index in [-0.39, 0.29) is 17.9 Å². The second-order valence-electron chi connectivity index (χ2n) is 3.02. The zero-order valence-corrected chi connectivity index (χ0v) is 7.68. The summed E-state index contributed by atoms with van der Waals surface area (Å²) in [7, 11) is 1.62. The Labute approximate surface area is 68.1 Å². The van der Waals surface area contributed by atoms with Crippen molar-refractivity contribution in [3.05, 3.63) is 0 Å². The minimum absolute atomic E-state index is 0.0503. The first-order valence-electron chi connectivity index (χ1n) is 3.87. The molecule has 11 heavy (non-hydrogen) atoms. The standard InChI is InChI=1S/C8H17NO2/c1-6(2)8(10)9-7(3)5-11-4/h6-7H,5H2,1-4H3,(H,9,10). The molecule has 0 aromatic carbocycles. The summed E-state index contributed by atoms with van der Waals surface area (Å²) < 4.78 is 4.87. The number of ether oxygens (including phenoxy) is 1. The molecule has 0 rings (SSSR count). The highest BCUT2D eigenvalue weighted by molar-refractivity contribution is 5.78. The first-order chi connectivity index (χ1) is 5.07. The third kappa shape index (κ3) is 4.79. The van der Waals surface area contributed by atoms with Gasteiger partial charge in [-0.25, -0.2) is 0 Å². The smallest absolute Gasteiger partial charge is 0.222 e. The van der Waals surface area contributed by atoms with Crippen LogP contribution >= 0.6 is 0 Å². The zero-order chi connectivity index (χ0) is 8.85. The molecule has 0 saturated carbocycles. The number of carbonyl (C=O) groups excluding carboxylic acids is 1. The molecule has 1 unspecified atom stereocenters. The number of methoxy groups -OCH3 is 1. The van der Waals surface area contributed by atoms with Crippen molar-refractivity contribution in [2.75, 3.05) is 13.7 Å². The maximum absolute atomic E-state index is 11.1. The quantitative estimate of drug-likeness (QED) is 0.658. The Morgan fingerprint density at radius 2 is 2.00 bits per heavy atom. The molecule has 1 atom stereocenters. The van der Waals surface area contributed by atoms with E-state index < -0.39 is 0 Å². The van der Waals surface area contributed by atoms with Crippen LogP contribution in [0.4, 0.5) is 0 Å². The van der Waals surface area contributed by atoms with Crippen LogP contribution in [0.15, 0.2) is 0 Å². The van der Waals surface area contributed by atoms with E-state index >= 15 is 0 Å². The Bertz CT molecular complexity index is 123. The van der Waals surface area contributed by atoms with E-state index in [0.29, 0.717) is 6.61 Å². The molecule has 0 heterocycles. The lowest BCUT2D eigenvalue weighted by Gasteiger charge is -2.13. The molecule has 0 aromatic rings. The molecular formula is C8H17NO2. The lowest BCUT2D eigenvalue weighted by molar-refractivity contribution is -0.124. The minimum atomic E-state index is 0.0503. The molecule has 0 aromatic heterocycles. The van der Waals surface area contributed by atoms with Crippen LogP contribution in [0.1, 0.15) is 20.8 Å². The van der Waals surface area contributed by atoms with E-state index in [9.17, 15) is 4.79 Å². The van der Waals surface area contributed by atoms with Crippen LogP contribution in [0, 0.1) is 5.92 Å². The first-order valence-corrected chi connectivity index (χ1v) is 3.87. The van der Waals surface area contributed by atoms with Gasteiger partial charge in [-0.1, -0.05) is 13.8 Å². The maximum Gasteiger partial charge on any atom is 0.222 e. The van der Waals surface area contributed by atoms with Crippen molar-refractivity contribution in [2.24, 2.45) is 5.92 Å². The predicted molar refractivity (Wildman–Crippen MR) is 44.3 cm³/mol. The Morgan fingerprint density at radius 1 is 1.45 bits per heavy atom. The number of amides is 1. The van der Waals surface area contributed by atoms with Crippen molar-refractivity contribution in [3.63, 3.8) is 0 Å². The van der Waals surface area contributed by atoms with Crippen molar-refractivity contribution in [3.8, 4) is 0 Å². The molecule has 0 radical (unpaired) electrons. The summed E-state index contributed by atoms with van der Waals surface area (Å²) in [4.78, 5) is 11.1. The van der Waals surface area contributed by atoms with E-state index in [0.717, 1.165) is 0 Å². The highest BCUT2D eigenvalue weighted by Gasteiger charge is 2.09. The molecular weight excluding hydrogens is 142 g/mol. The molecule has 0 fully saturated rings. The number of hydrogen-bond donors (Lipinski definition) is 1. The monoisotopic (exact) mass is 159 g/mol. The topological polar surface area (TPSA) is 38.3 Å². The highest BCUT2D eigenvalue weighted by atomic mass is 16.5. The Hall–Kier alpha value is -0.570. The molecule has 66 valence electrons. The lowest BCUT2D eigenvalue weighted by atomic mass is 10.2. The number of rotatable bonds is 4. The van der Waals surface area contributed by atoms with Gasteiger partial charge in [-0.15, -0.1) is 0 Å². The number of hydrogen-bond acceptors (Lipinski definition) is 2. The van der Waals surface area contributed by atoms with E-state index in [1.54, 1.807) is 7.11 Å². The third-order valence-electron chi connectivity index (χ3n) is 1.33.